The highest BCUT2D eigenvalue weighted by Gasteiger charge is 2.21. The molecule has 2 rings (SSSR count). The Balaban J connectivity index is 2.46. The Hall–Kier alpha value is -1.68. The standard InChI is InChI=1S/C17H20BrNO2/c1-17(2,3)13-10-12(20-4)6-8-15(13)21-16-9-11(18)5-7-14(16)19/h5-10H,19H2,1-4H3. The second-order valence-electron chi connectivity index (χ2n) is 5.90. The summed E-state index contributed by atoms with van der Waals surface area (Å²) in [6.45, 7) is 6.41. The lowest BCUT2D eigenvalue weighted by Crippen LogP contribution is -2.13. The van der Waals surface area contributed by atoms with Crippen molar-refractivity contribution in [2.45, 2.75) is 26.2 Å². The van der Waals surface area contributed by atoms with Crippen LogP contribution in [0.2, 0.25) is 0 Å². The van der Waals surface area contributed by atoms with Gasteiger partial charge in [-0.2, -0.15) is 0 Å². The number of ether oxygens (including phenoxy) is 2. The maximum atomic E-state index is 6.04. The summed E-state index contributed by atoms with van der Waals surface area (Å²) in [5.74, 6) is 2.24. The molecule has 0 heterocycles. The monoisotopic (exact) mass is 349 g/mol. The highest BCUT2D eigenvalue weighted by atomic mass is 79.9. The van der Waals surface area contributed by atoms with Crippen molar-refractivity contribution in [1.82, 2.24) is 0 Å². The average Bonchev–Trinajstić information content (AvgIpc) is 2.42. The molecule has 0 amide bonds. The van der Waals surface area contributed by atoms with Crippen molar-refractivity contribution in [3.05, 3.63) is 46.4 Å². The lowest BCUT2D eigenvalue weighted by molar-refractivity contribution is 0.407. The summed E-state index contributed by atoms with van der Waals surface area (Å²) >= 11 is 3.43. The van der Waals surface area contributed by atoms with Crippen LogP contribution >= 0.6 is 15.9 Å². The van der Waals surface area contributed by atoms with Gasteiger partial charge in [-0.1, -0.05) is 36.7 Å². The number of nitrogen functional groups attached to an aromatic ring is 1. The predicted molar refractivity (Wildman–Crippen MR) is 90.3 cm³/mol. The predicted octanol–water partition coefficient (Wildman–Crippen LogP) is 5.13. The quantitative estimate of drug-likeness (QED) is 0.781. The van der Waals surface area contributed by atoms with Crippen LogP contribution in [-0.4, -0.2) is 7.11 Å². The summed E-state index contributed by atoms with van der Waals surface area (Å²) in [6, 6.07) is 11.4. The van der Waals surface area contributed by atoms with Gasteiger partial charge in [-0.05, 0) is 41.8 Å². The fraction of sp³-hybridized carbons (Fsp3) is 0.294. The first kappa shape index (κ1) is 15.7. The molecule has 3 nitrogen and oxygen atoms in total. The van der Waals surface area contributed by atoms with E-state index in [9.17, 15) is 0 Å². The van der Waals surface area contributed by atoms with Crippen LogP contribution in [0.5, 0.6) is 17.2 Å². The van der Waals surface area contributed by atoms with Gasteiger partial charge in [0.25, 0.3) is 0 Å². The second kappa shape index (κ2) is 5.98. The molecule has 112 valence electrons. The van der Waals surface area contributed by atoms with E-state index in [0.717, 1.165) is 21.5 Å². The Morgan fingerprint density at radius 1 is 1.00 bits per heavy atom. The average molecular weight is 350 g/mol. The number of nitrogens with two attached hydrogens (primary N) is 1. The van der Waals surface area contributed by atoms with E-state index < -0.39 is 0 Å². The Kier molecular flexibility index (Phi) is 4.47. The third kappa shape index (κ3) is 3.70. The van der Waals surface area contributed by atoms with E-state index >= 15 is 0 Å². The van der Waals surface area contributed by atoms with Gasteiger partial charge < -0.3 is 15.2 Å². The zero-order valence-electron chi connectivity index (χ0n) is 12.7. The highest BCUT2D eigenvalue weighted by Crippen LogP contribution is 2.38. The van der Waals surface area contributed by atoms with E-state index in [2.05, 4.69) is 36.7 Å². The molecule has 0 fully saturated rings. The van der Waals surface area contributed by atoms with Crippen LogP contribution in [0, 0.1) is 0 Å². The molecular formula is C17H20BrNO2. The minimum Gasteiger partial charge on any atom is -0.497 e. The van der Waals surface area contributed by atoms with E-state index in [1.165, 1.54) is 0 Å². The van der Waals surface area contributed by atoms with Gasteiger partial charge in [-0.3, -0.25) is 0 Å². The number of rotatable bonds is 3. The van der Waals surface area contributed by atoms with Crippen LogP contribution in [0.15, 0.2) is 40.9 Å². The van der Waals surface area contributed by atoms with Crippen molar-refractivity contribution in [3.63, 3.8) is 0 Å². The largest absolute Gasteiger partial charge is 0.497 e. The molecule has 0 atom stereocenters. The molecule has 0 aromatic heterocycles. The van der Waals surface area contributed by atoms with Crippen molar-refractivity contribution in [1.29, 1.82) is 0 Å². The minimum absolute atomic E-state index is 0.0648. The van der Waals surface area contributed by atoms with Crippen LogP contribution in [-0.2, 0) is 5.41 Å². The van der Waals surface area contributed by atoms with Crippen LogP contribution in [0.4, 0.5) is 5.69 Å². The SMILES string of the molecule is COc1ccc(Oc2cc(Br)ccc2N)c(C(C)(C)C)c1. The van der Waals surface area contributed by atoms with Crippen LogP contribution in [0.3, 0.4) is 0 Å². The van der Waals surface area contributed by atoms with Crippen molar-refractivity contribution < 1.29 is 9.47 Å². The van der Waals surface area contributed by atoms with Crippen LogP contribution in [0.25, 0.3) is 0 Å². The molecule has 0 aliphatic rings. The van der Waals surface area contributed by atoms with Crippen molar-refractivity contribution >= 4 is 21.6 Å². The van der Waals surface area contributed by atoms with Crippen molar-refractivity contribution in [3.8, 4) is 17.2 Å². The highest BCUT2D eigenvalue weighted by molar-refractivity contribution is 9.10. The van der Waals surface area contributed by atoms with Gasteiger partial charge in [0.1, 0.15) is 11.5 Å². The summed E-state index contributed by atoms with van der Waals surface area (Å²) in [4.78, 5) is 0. The van der Waals surface area contributed by atoms with Gasteiger partial charge in [-0.15, -0.1) is 0 Å². The molecule has 2 aromatic carbocycles. The fourth-order valence-electron chi connectivity index (χ4n) is 2.03. The maximum absolute atomic E-state index is 6.04. The normalized spacial score (nSPS) is 11.3. The van der Waals surface area contributed by atoms with E-state index in [-0.39, 0.29) is 5.41 Å². The van der Waals surface area contributed by atoms with Crippen LogP contribution < -0.4 is 15.2 Å². The minimum atomic E-state index is -0.0648. The van der Waals surface area contributed by atoms with Crippen molar-refractivity contribution in [2.24, 2.45) is 0 Å². The lowest BCUT2D eigenvalue weighted by atomic mass is 9.86. The number of anilines is 1. The number of hydrogen-bond acceptors (Lipinski definition) is 3. The lowest BCUT2D eigenvalue weighted by Gasteiger charge is -2.23. The molecule has 0 aliphatic carbocycles. The number of benzene rings is 2. The van der Waals surface area contributed by atoms with E-state index in [1.54, 1.807) is 7.11 Å². The Morgan fingerprint density at radius 3 is 2.33 bits per heavy atom. The van der Waals surface area contributed by atoms with Gasteiger partial charge in [0, 0.05) is 10.0 Å². The molecule has 0 saturated carbocycles. The van der Waals surface area contributed by atoms with Gasteiger partial charge in [0.15, 0.2) is 5.75 Å². The van der Waals surface area contributed by atoms with Crippen molar-refractivity contribution in [2.75, 3.05) is 12.8 Å². The van der Waals surface area contributed by atoms with Gasteiger partial charge in [0.2, 0.25) is 0 Å². The second-order valence-corrected chi connectivity index (χ2v) is 6.81. The summed E-state index contributed by atoms with van der Waals surface area (Å²) in [5, 5.41) is 0. The molecule has 21 heavy (non-hydrogen) atoms. The van der Waals surface area contributed by atoms with E-state index in [1.807, 2.05) is 36.4 Å². The molecule has 2 aromatic rings. The van der Waals surface area contributed by atoms with E-state index in [0.29, 0.717) is 11.4 Å². The van der Waals surface area contributed by atoms with E-state index in [4.69, 9.17) is 15.2 Å². The third-order valence-corrected chi connectivity index (χ3v) is 3.68. The van der Waals surface area contributed by atoms with Gasteiger partial charge in [0.05, 0.1) is 12.8 Å². The Morgan fingerprint density at radius 2 is 1.71 bits per heavy atom. The van der Waals surface area contributed by atoms with Crippen LogP contribution in [0.1, 0.15) is 26.3 Å². The molecule has 0 aliphatic heterocycles. The molecule has 0 unspecified atom stereocenters. The van der Waals surface area contributed by atoms with Gasteiger partial charge >= 0.3 is 0 Å². The fourth-order valence-corrected chi connectivity index (χ4v) is 2.37. The zero-order valence-corrected chi connectivity index (χ0v) is 14.3. The molecule has 0 saturated heterocycles. The Labute approximate surface area is 134 Å². The topological polar surface area (TPSA) is 44.5 Å². The first-order valence-corrected chi connectivity index (χ1v) is 7.52. The smallest absolute Gasteiger partial charge is 0.151 e. The molecule has 0 radical (unpaired) electrons. The maximum Gasteiger partial charge on any atom is 0.151 e. The molecule has 0 spiro atoms. The molecule has 4 heteroatoms. The summed E-state index contributed by atoms with van der Waals surface area (Å²) < 4.78 is 12.3. The summed E-state index contributed by atoms with van der Waals surface area (Å²) in [6.07, 6.45) is 0. The zero-order chi connectivity index (χ0) is 15.6. The third-order valence-electron chi connectivity index (χ3n) is 3.19. The van der Waals surface area contributed by atoms with Gasteiger partial charge in [-0.25, -0.2) is 0 Å². The molecular weight excluding hydrogens is 330 g/mol. The summed E-state index contributed by atoms with van der Waals surface area (Å²) in [5.41, 5.74) is 7.59. The molecule has 2 N–H and O–H groups in total. The Bertz CT molecular complexity index is 648. The summed E-state index contributed by atoms with van der Waals surface area (Å²) in [7, 11) is 1.66. The number of halogens is 1. The molecule has 0 bridgehead atoms. The first-order valence-electron chi connectivity index (χ1n) is 6.72. The first-order chi connectivity index (χ1) is 9.81. The number of hydrogen-bond donors (Lipinski definition) is 1. The number of methoxy groups -OCH3 is 1.